The first kappa shape index (κ1) is 16.1. The summed E-state index contributed by atoms with van der Waals surface area (Å²) < 4.78 is 17.2. The molecule has 0 aliphatic carbocycles. The number of aliphatic hydroxyl groups is 1. The molecule has 22 heavy (non-hydrogen) atoms. The monoisotopic (exact) mass is 321 g/mol. The Morgan fingerprint density at radius 3 is 2.55 bits per heavy atom. The van der Waals surface area contributed by atoms with Crippen LogP contribution in [0.4, 0.5) is 5.69 Å². The first-order chi connectivity index (χ1) is 10.5. The Kier molecular flexibility index (Phi) is 5.24. The minimum atomic E-state index is -1.42. The van der Waals surface area contributed by atoms with Crippen LogP contribution in [-0.2, 0) is 10.8 Å². The van der Waals surface area contributed by atoms with E-state index in [9.17, 15) is 19.4 Å². The maximum Gasteiger partial charge on any atom is 0.269 e. The van der Waals surface area contributed by atoms with Crippen LogP contribution in [-0.4, -0.2) is 27.1 Å². The van der Waals surface area contributed by atoms with Gasteiger partial charge in [-0.2, -0.15) is 0 Å². The van der Waals surface area contributed by atoms with Crippen molar-refractivity contribution < 1.29 is 19.0 Å². The third kappa shape index (κ3) is 3.90. The van der Waals surface area contributed by atoms with Crippen LogP contribution in [0.1, 0.15) is 11.7 Å². The normalized spacial score (nSPS) is 13.4. The van der Waals surface area contributed by atoms with Crippen molar-refractivity contribution in [3.05, 3.63) is 64.2 Å². The summed E-state index contributed by atoms with van der Waals surface area (Å²) in [5, 5.41) is 20.9. The molecule has 116 valence electrons. The van der Waals surface area contributed by atoms with E-state index in [0.717, 1.165) is 0 Å². The molecule has 2 unspecified atom stereocenters. The summed E-state index contributed by atoms with van der Waals surface area (Å²) in [5.41, 5.74) is 0.267. The zero-order valence-corrected chi connectivity index (χ0v) is 12.7. The standard InChI is InChI=1S/C15H15NO5S/c1-21-13-5-7-14(8-6-13)22(20)10-15(17)11-3-2-4-12(9-11)16(18)19/h2-9,15,17H,10H2,1H3. The van der Waals surface area contributed by atoms with E-state index in [1.54, 1.807) is 30.3 Å². The molecule has 0 amide bonds. The summed E-state index contributed by atoms with van der Waals surface area (Å²) in [6.07, 6.45) is -1.04. The van der Waals surface area contributed by atoms with Gasteiger partial charge in [0.05, 0.1) is 34.7 Å². The summed E-state index contributed by atoms with van der Waals surface area (Å²) in [6.45, 7) is 0. The SMILES string of the molecule is COc1ccc(S(=O)CC(O)c2cccc([N+](=O)[O-])c2)cc1. The predicted octanol–water partition coefficient (Wildman–Crippen LogP) is 2.44. The van der Waals surface area contributed by atoms with Gasteiger partial charge in [0.15, 0.2) is 0 Å². The van der Waals surface area contributed by atoms with E-state index in [1.807, 2.05) is 0 Å². The highest BCUT2D eigenvalue weighted by atomic mass is 32.2. The number of hydrogen-bond donors (Lipinski definition) is 1. The number of aliphatic hydroxyl groups excluding tert-OH is 1. The predicted molar refractivity (Wildman–Crippen MR) is 82.3 cm³/mol. The lowest BCUT2D eigenvalue weighted by atomic mass is 10.1. The highest BCUT2D eigenvalue weighted by Gasteiger charge is 2.16. The maximum atomic E-state index is 12.2. The van der Waals surface area contributed by atoms with Crippen molar-refractivity contribution in [2.24, 2.45) is 0 Å². The molecular formula is C15H15NO5S. The second kappa shape index (κ2) is 7.15. The minimum Gasteiger partial charge on any atom is -0.497 e. The lowest BCUT2D eigenvalue weighted by Gasteiger charge is -2.11. The fourth-order valence-corrected chi connectivity index (χ4v) is 3.02. The van der Waals surface area contributed by atoms with Gasteiger partial charge in [0, 0.05) is 17.0 Å². The Bertz CT molecular complexity index is 687. The molecule has 6 nitrogen and oxygen atoms in total. The van der Waals surface area contributed by atoms with Crippen LogP contribution < -0.4 is 4.74 Å². The second-order valence-corrected chi connectivity index (χ2v) is 6.05. The molecule has 7 heteroatoms. The van der Waals surface area contributed by atoms with Crippen molar-refractivity contribution in [2.45, 2.75) is 11.0 Å². The second-order valence-electron chi connectivity index (χ2n) is 4.56. The summed E-state index contributed by atoms with van der Waals surface area (Å²) in [7, 11) is 0.123. The van der Waals surface area contributed by atoms with Crippen LogP contribution in [0.15, 0.2) is 53.4 Å². The highest BCUT2D eigenvalue weighted by Crippen LogP contribution is 2.22. The molecule has 0 spiro atoms. The van der Waals surface area contributed by atoms with E-state index >= 15 is 0 Å². The van der Waals surface area contributed by atoms with Crippen molar-refractivity contribution in [3.8, 4) is 5.75 Å². The quantitative estimate of drug-likeness (QED) is 0.652. The van der Waals surface area contributed by atoms with E-state index in [1.165, 1.54) is 25.3 Å². The van der Waals surface area contributed by atoms with Crippen LogP contribution in [0.3, 0.4) is 0 Å². The number of benzene rings is 2. The van der Waals surface area contributed by atoms with Gasteiger partial charge < -0.3 is 9.84 Å². The van der Waals surface area contributed by atoms with Gasteiger partial charge in [-0.05, 0) is 29.8 Å². The van der Waals surface area contributed by atoms with Gasteiger partial charge >= 0.3 is 0 Å². The first-order valence-electron chi connectivity index (χ1n) is 6.46. The smallest absolute Gasteiger partial charge is 0.269 e. The zero-order valence-electron chi connectivity index (χ0n) is 11.8. The van der Waals surface area contributed by atoms with Gasteiger partial charge in [0.1, 0.15) is 5.75 Å². The molecule has 0 radical (unpaired) electrons. The highest BCUT2D eigenvalue weighted by molar-refractivity contribution is 7.85. The number of non-ortho nitro benzene ring substituents is 1. The van der Waals surface area contributed by atoms with Crippen LogP contribution >= 0.6 is 0 Å². The van der Waals surface area contributed by atoms with Crippen molar-refractivity contribution in [3.63, 3.8) is 0 Å². The van der Waals surface area contributed by atoms with Gasteiger partial charge in [-0.1, -0.05) is 12.1 Å². The van der Waals surface area contributed by atoms with Gasteiger partial charge in [-0.15, -0.1) is 0 Å². The van der Waals surface area contributed by atoms with Crippen LogP contribution in [0.25, 0.3) is 0 Å². The van der Waals surface area contributed by atoms with Crippen LogP contribution in [0.2, 0.25) is 0 Å². The van der Waals surface area contributed by atoms with E-state index in [-0.39, 0.29) is 11.4 Å². The van der Waals surface area contributed by atoms with E-state index in [2.05, 4.69) is 0 Å². The number of ether oxygens (including phenoxy) is 1. The molecule has 0 saturated carbocycles. The minimum absolute atomic E-state index is 0.0342. The lowest BCUT2D eigenvalue weighted by Crippen LogP contribution is -2.09. The Morgan fingerprint density at radius 1 is 1.27 bits per heavy atom. The van der Waals surface area contributed by atoms with Crippen LogP contribution in [0, 0.1) is 10.1 Å². The molecule has 0 saturated heterocycles. The Morgan fingerprint density at radius 2 is 1.95 bits per heavy atom. The molecule has 2 aromatic carbocycles. The van der Waals surface area contributed by atoms with Crippen LogP contribution in [0.5, 0.6) is 5.75 Å². The summed E-state index contributed by atoms with van der Waals surface area (Å²) >= 11 is 0. The number of hydrogen-bond acceptors (Lipinski definition) is 5. The van der Waals surface area contributed by atoms with E-state index in [4.69, 9.17) is 4.74 Å². The zero-order chi connectivity index (χ0) is 16.1. The number of methoxy groups -OCH3 is 1. The Hall–Kier alpha value is -2.25. The molecule has 2 atom stereocenters. The van der Waals surface area contributed by atoms with Crippen molar-refractivity contribution in [2.75, 3.05) is 12.9 Å². The molecule has 0 aromatic heterocycles. The molecule has 2 rings (SSSR count). The van der Waals surface area contributed by atoms with Gasteiger partial charge in [0.25, 0.3) is 5.69 Å². The molecule has 2 aromatic rings. The van der Waals surface area contributed by atoms with Crippen molar-refractivity contribution in [1.82, 2.24) is 0 Å². The molecule has 0 aliphatic heterocycles. The average Bonchev–Trinajstić information content (AvgIpc) is 2.54. The topological polar surface area (TPSA) is 89.7 Å². The molecule has 0 aliphatic rings. The fraction of sp³-hybridized carbons (Fsp3) is 0.200. The van der Waals surface area contributed by atoms with Crippen molar-refractivity contribution in [1.29, 1.82) is 0 Å². The summed E-state index contributed by atoms with van der Waals surface area (Å²) in [5.74, 6) is 0.619. The average molecular weight is 321 g/mol. The van der Waals surface area contributed by atoms with Gasteiger partial charge in [0.2, 0.25) is 0 Å². The van der Waals surface area contributed by atoms with E-state index in [0.29, 0.717) is 16.2 Å². The Balaban J connectivity index is 2.10. The lowest BCUT2D eigenvalue weighted by molar-refractivity contribution is -0.385. The maximum absolute atomic E-state index is 12.2. The van der Waals surface area contributed by atoms with Gasteiger partial charge in [-0.3, -0.25) is 14.3 Å². The summed E-state index contributed by atoms with van der Waals surface area (Å²) in [6, 6.07) is 12.4. The third-order valence-corrected chi connectivity index (χ3v) is 4.51. The molecule has 0 heterocycles. The number of nitro benzene ring substituents is 1. The fourth-order valence-electron chi connectivity index (χ4n) is 1.91. The van der Waals surface area contributed by atoms with E-state index < -0.39 is 21.8 Å². The molecular weight excluding hydrogens is 306 g/mol. The number of nitro groups is 1. The molecule has 0 fully saturated rings. The first-order valence-corrected chi connectivity index (χ1v) is 7.78. The molecule has 0 bridgehead atoms. The van der Waals surface area contributed by atoms with Crippen molar-refractivity contribution >= 4 is 16.5 Å². The third-order valence-electron chi connectivity index (χ3n) is 3.10. The van der Waals surface area contributed by atoms with Gasteiger partial charge in [-0.25, -0.2) is 0 Å². The molecule has 1 N–H and O–H groups in total. The largest absolute Gasteiger partial charge is 0.497 e. The summed E-state index contributed by atoms with van der Waals surface area (Å²) in [4.78, 5) is 10.8. The number of rotatable bonds is 6. The Labute approximate surface area is 130 Å². The number of nitrogens with zero attached hydrogens (tertiary/aromatic N) is 1.